The summed E-state index contributed by atoms with van der Waals surface area (Å²) in [5.74, 6) is 1.42. The molecule has 2 aromatic heterocycles. The SMILES string of the molecule is COc1ccc(-c2csc(NC(=O)CSc3nnc(C)s3)n2)cc1OC. The number of benzene rings is 1. The predicted molar refractivity (Wildman–Crippen MR) is 105 cm³/mol. The number of nitrogens with one attached hydrogen (secondary N) is 1. The van der Waals surface area contributed by atoms with E-state index in [1.165, 1.54) is 34.4 Å². The van der Waals surface area contributed by atoms with Crippen molar-refractivity contribution in [3.63, 3.8) is 0 Å². The predicted octanol–water partition coefficient (Wildman–Crippen LogP) is 3.72. The average Bonchev–Trinajstić information content (AvgIpc) is 3.28. The topological polar surface area (TPSA) is 86.2 Å². The second-order valence-corrected chi connectivity index (χ2v) is 8.29. The molecular weight excluding hydrogens is 392 g/mol. The van der Waals surface area contributed by atoms with Crippen molar-refractivity contribution >= 4 is 45.5 Å². The van der Waals surface area contributed by atoms with Gasteiger partial charge in [0, 0.05) is 10.9 Å². The number of methoxy groups -OCH3 is 2. The number of hydrogen-bond acceptors (Lipinski definition) is 9. The van der Waals surface area contributed by atoms with Crippen LogP contribution >= 0.6 is 34.4 Å². The van der Waals surface area contributed by atoms with Crippen LogP contribution in [0.2, 0.25) is 0 Å². The quantitative estimate of drug-likeness (QED) is 0.596. The number of carbonyl (C=O) groups excluding carboxylic acids is 1. The lowest BCUT2D eigenvalue weighted by molar-refractivity contribution is -0.113. The van der Waals surface area contributed by atoms with E-state index in [1.54, 1.807) is 14.2 Å². The number of nitrogens with zero attached hydrogens (tertiary/aromatic N) is 3. The van der Waals surface area contributed by atoms with Crippen molar-refractivity contribution in [3.05, 3.63) is 28.6 Å². The maximum absolute atomic E-state index is 12.1. The molecule has 3 rings (SSSR count). The highest BCUT2D eigenvalue weighted by Gasteiger charge is 2.12. The van der Waals surface area contributed by atoms with Gasteiger partial charge in [-0.25, -0.2) is 4.98 Å². The highest BCUT2D eigenvalue weighted by atomic mass is 32.2. The van der Waals surface area contributed by atoms with Gasteiger partial charge in [-0.2, -0.15) is 0 Å². The molecule has 3 aromatic rings. The van der Waals surface area contributed by atoms with Crippen LogP contribution in [0.4, 0.5) is 5.13 Å². The van der Waals surface area contributed by atoms with Crippen LogP contribution in [-0.2, 0) is 4.79 Å². The maximum atomic E-state index is 12.1. The first-order valence-electron chi connectivity index (χ1n) is 7.49. The smallest absolute Gasteiger partial charge is 0.236 e. The van der Waals surface area contributed by atoms with Crippen LogP contribution < -0.4 is 14.8 Å². The van der Waals surface area contributed by atoms with Crippen LogP contribution in [-0.4, -0.2) is 41.1 Å². The standard InChI is InChI=1S/C16H16N4O3S3/c1-9-19-20-16(26-9)25-8-14(21)18-15-17-11(7-24-15)10-4-5-12(22-2)13(6-10)23-3/h4-7H,8H2,1-3H3,(H,17,18,21). The van der Waals surface area contributed by atoms with Crippen molar-refractivity contribution < 1.29 is 14.3 Å². The van der Waals surface area contributed by atoms with Gasteiger partial charge in [0.05, 0.1) is 25.7 Å². The summed E-state index contributed by atoms with van der Waals surface area (Å²) in [6.07, 6.45) is 0. The van der Waals surface area contributed by atoms with Gasteiger partial charge in [0.2, 0.25) is 5.91 Å². The van der Waals surface area contributed by atoms with Gasteiger partial charge in [-0.1, -0.05) is 23.1 Å². The van der Waals surface area contributed by atoms with E-state index in [-0.39, 0.29) is 11.7 Å². The zero-order valence-corrected chi connectivity index (χ0v) is 16.8. The molecule has 0 aliphatic carbocycles. The summed E-state index contributed by atoms with van der Waals surface area (Å²) in [6, 6.07) is 5.58. The molecule has 136 valence electrons. The minimum absolute atomic E-state index is 0.129. The Morgan fingerprint density at radius 2 is 2.04 bits per heavy atom. The Bertz CT molecular complexity index is 910. The van der Waals surface area contributed by atoms with E-state index in [2.05, 4.69) is 20.5 Å². The number of amides is 1. The summed E-state index contributed by atoms with van der Waals surface area (Å²) in [6.45, 7) is 1.88. The van der Waals surface area contributed by atoms with Gasteiger partial charge in [0.15, 0.2) is 21.0 Å². The van der Waals surface area contributed by atoms with E-state index in [4.69, 9.17) is 9.47 Å². The summed E-state index contributed by atoms with van der Waals surface area (Å²) in [4.78, 5) is 16.5. The number of aryl methyl sites for hydroxylation is 1. The number of rotatable bonds is 7. The molecule has 1 aromatic carbocycles. The monoisotopic (exact) mass is 408 g/mol. The largest absolute Gasteiger partial charge is 0.493 e. The Labute approximate surface area is 162 Å². The second-order valence-electron chi connectivity index (χ2n) is 5.03. The fraction of sp³-hybridized carbons (Fsp3) is 0.250. The van der Waals surface area contributed by atoms with Gasteiger partial charge in [0.25, 0.3) is 0 Å². The summed E-state index contributed by atoms with van der Waals surface area (Å²) in [7, 11) is 3.18. The Balaban J connectivity index is 1.63. The van der Waals surface area contributed by atoms with Crippen LogP contribution in [0.15, 0.2) is 27.9 Å². The molecule has 1 N–H and O–H groups in total. The summed E-state index contributed by atoms with van der Waals surface area (Å²) in [5, 5.41) is 14.0. The first-order chi connectivity index (χ1) is 12.6. The van der Waals surface area contributed by atoms with Gasteiger partial charge in [-0.15, -0.1) is 21.5 Å². The Hall–Kier alpha value is -2.17. The lowest BCUT2D eigenvalue weighted by atomic mass is 10.1. The summed E-state index contributed by atoms with van der Waals surface area (Å²) < 4.78 is 11.3. The van der Waals surface area contributed by atoms with Crippen molar-refractivity contribution in [1.29, 1.82) is 0 Å². The van der Waals surface area contributed by atoms with Gasteiger partial charge < -0.3 is 14.8 Å². The molecule has 0 radical (unpaired) electrons. The van der Waals surface area contributed by atoms with E-state index < -0.39 is 0 Å². The Kier molecular flexibility index (Phi) is 6.07. The molecule has 0 spiro atoms. The Morgan fingerprint density at radius 3 is 2.73 bits per heavy atom. The van der Waals surface area contributed by atoms with E-state index in [0.717, 1.165) is 20.6 Å². The molecule has 0 saturated carbocycles. The van der Waals surface area contributed by atoms with Gasteiger partial charge in [0.1, 0.15) is 5.01 Å². The number of hydrogen-bond donors (Lipinski definition) is 1. The molecule has 0 fully saturated rings. The molecule has 2 heterocycles. The summed E-state index contributed by atoms with van der Waals surface area (Å²) in [5.41, 5.74) is 1.65. The normalized spacial score (nSPS) is 10.6. The van der Waals surface area contributed by atoms with Gasteiger partial charge >= 0.3 is 0 Å². The minimum Gasteiger partial charge on any atom is -0.493 e. The third kappa shape index (κ3) is 4.51. The fourth-order valence-electron chi connectivity index (χ4n) is 2.08. The number of carbonyl (C=O) groups is 1. The van der Waals surface area contributed by atoms with E-state index >= 15 is 0 Å². The number of aromatic nitrogens is 3. The molecule has 7 nitrogen and oxygen atoms in total. The van der Waals surface area contributed by atoms with Crippen LogP contribution in [0.3, 0.4) is 0 Å². The zero-order valence-electron chi connectivity index (χ0n) is 14.3. The molecule has 0 unspecified atom stereocenters. The van der Waals surface area contributed by atoms with Crippen LogP contribution in [0.5, 0.6) is 11.5 Å². The molecule has 1 amide bonds. The van der Waals surface area contributed by atoms with Crippen molar-refractivity contribution in [3.8, 4) is 22.8 Å². The van der Waals surface area contributed by atoms with Crippen LogP contribution in [0.1, 0.15) is 5.01 Å². The third-order valence-electron chi connectivity index (χ3n) is 3.26. The lowest BCUT2D eigenvalue weighted by Crippen LogP contribution is -2.13. The van der Waals surface area contributed by atoms with Crippen molar-refractivity contribution in [2.45, 2.75) is 11.3 Å². The van der Waals surface area contributed by atoms with E-state index in [9.17, 15) is 4.79 Å². The van der Waals surface area contributed by atoms with Crippen molar-refractivity contribution in [2.75, 3.05) is 25.3 Å². The average molecular weight is 409 g/mol. The second kappa shape index (κ2) is 8.47. The maximum Gasteiger partial charge on any atom is 0.236 e. The number of ether oxygens (including phenoxy) is 2. The van der Waals surface area contributed by atoms with Crippen LogP contribution in [0.25, 0.3) is 11.3 Å². The first kappa shape index (κ1) is 18.6. The Morgan fingerprint density at radius 1 is 1.23 bits per heavy atom. The van der Waals surface area contributed by atoms with E-state index in [0.29, 0.717) is 16.6 Å². The molecule has 0 aliphatic rings. The highest BCUT2D eigenvalue weighted by Crippen LogP contribution is 2.33. The molecule has 0 aliphatic heterocycles. The number of thiazole rings is 1. The van der Waals surface area contributed by atoms with Crippen LogP contribution in [0, 0.1) is 6.92 Å². The molecule has 0 saturated heterocycles. The van der Waals surface area contributed by atoms with Crippen molar-refractivity contribution in [2.24, 2.45) is 0 Å². The third-order valence-corrected chi connectivity index (χ3v) is 5.99. The fourth-order valence-corrected chi connectivity index (χ4v) is 4.43. The summed E-state index contributed by atoms with van der Waals surface area (Å²) >= 11 is 4.20. The van der Waals surface area contributed by atoms with E-state index in [1.807, 2.05) is 30.5 Å². The zero-order chi connectivity index (χ0) is 18.5. The lowest BCUT2D eigenvalue weighted by Gasteiger charge is -2.08. The molecule has 0 atom stereocenters. The molecule has 26 heavy (non-hydrogen) atoms. The van der Waals surface area contributed by atoms with Crippen molar-refractivity contribution in [1.82, 2.24) is 15.2 Å². The molecule has 10 heteroatoms. The minimum atomic E-state index is -0.129. The first-order valence-corrected chi connectivity index (χ1v) is 10.2. The van der Waals surface area contributed by atoms with Gasteiger partial charge in [-0.3, -0.25) is 4.79 Å². The van der Waals surface area contributed by atoms with Gasteiger partial charge in [-0.05, 0) is 25.1 Å². The molecule has 0 bridgehead atoms. The molecular formula is C16H16N4O3S3. The highest BCUT2D eigenvalue weighted by molar-refractivity contribution is 8.01. The number of thioether (sulfide) groups is 1. The number of anilines is 1.